The summed E-state index contributed by atoms with van der Waals surface area (Å²) in [6, 6.07) is 5.95. The van der Waals surface area contributed by atoms with Crippen molar-refractivity contribution >= 4 is 28.4 Å². The van der Waals surface area contributed by atoms with Gasteiger partial charge in [0.05, 0.1) is 57.4 Å². The SMILES string of the molecule is CCCCOC(C)C1=C(c2ccccn2)C2=NC1=CC1=NC(=CC3=NC(=CC4=NC(=C2)C=C4)C=C3)C=C1. The summed E-state index contributed by atoms with van der Waals surface area (Å²) in [5, 5.41) is 0. The molecule has 5 aliphatic rings. The molecule has 0 aromatic carbocycles. The average molecular weight is 486 g/mol. The summed E-state index contributed by atoms with van der Waals surface area (Å²) in [6.45, 7) is 4.95. The summed E-state index contributed by atoms with van der Waals surface area (Å²) in [7, 11) is 0. The third-order valence-corrected chi connectivity index (χ3v) is 6.45. The topological polar surface area (TPSA) is 71.6 Å². The van der Waals surface area contributed by atoms with Gasteiger partial charge in [-0.15, -0.1) is 0 Å². The van der Waals surface area contributed by atoms with Crippen LogP contribution in [0.3, 0.4) is 0 Å². The Morgan fingerprint density at radius 1 is 0.757 bits per heavy atom. The second-order valence-electron chi connectivity index (χ2n) is 9.21. The van der Waals surface area contributed by atoms with Crippen LogP contribution in [-0.2, 0) is 4.74 Å². The van der Waals surface area contributed by atoms with Crippen molar-refractivity contribution in [2.75, 3.05) is 6.61 Å². The standard InChI is InChI=1S/C31H27N5O/c1-3-4-15-37-20(2)30-28-18-25-12-10-23(34-25)16-21-8-9-22(33-21)17-24-11-13-26(35-24)19-29(36-28)31(30)27-7-5-6-14-32-27/h5-14,16-20H,3-4,15H2,1-2H3. The van der Waals surface area contributed by atoms with Crippen LogP contribution in [0.25, 0.3) is 5.57 Å². The van der Waals surface area contributed by atoms with Crippen LogP contribution in [0.15, 0.2) is 133 Å². The fraction of sp³-hybridized carbons (Fsp3) is 0.194. The molecule has 1 aromatic heterocycles. The first kappa shape index (κ1) is 23.1. The van der Waals surface area contributed by atoms with Gasteiger partial charge in [0.15, 0.2) is 0 Å². The summed E-state index contributed by atoms with van der Waals surface area (Å²) in [6.07, 6.45) is 23.8. The molecule has 37 heavy (non-hydrogen) atoms. The number of pyridine rings is 1. The second kappa shape index (κ2) is 9.99. The lowest BCUT2D eigenvalue weighted by Crippen LogP contribution is -2.15. The number of aromatic nitrogens is 1. The molecule has 8 bridgehead atoms. The van der Waals surface area contributed by atoms with Crippen molar-refractivity contribution < 1.29 is 4.74 Å². The van der Waals surface area contributed by atoms with Crippen LogP contribution in [0, 0.1) is 0 Å². The first-order chi connectivity index (χ1) is 18.2. The fourth-order valence-electron chi connectivity index (χ4n) is 4.65. The zero-order valence-electron chi connectivity index (χ0n) is 20.9. The molecule has 1 aromatic rings. The van der Waals surface area contributed by atoms with Gasteiger partial charge >= 0.3 is 0 Å². The van der Waals surface area contributed by atoms with Crippen LogP contribution < -0.4 is 0 Å². The first-order valence-corrected chi connectivity index (χ1v) is 12.7. The van der Waals surface area contributed by atoms with E-state index < -0.39 is 0 Å². The van der Waals surface area contributed by atoms with E-state index in [9.17, 15) is 0 Å². The number of nitrogens with zero attached hydrogens (tertiary/aromatic N) is 5. The van der Waals surface area contributed by atoms with E-state index in [4.69, 9.17) is 29.7 Å². The number of rotatable bonds is 6. The van der Waals surface area contributed by atoms with E-state index in [0.717, 1.165) is 75.3 Å². The third-order valence-electron chi connectivity index (χ3n) is 6.45. The molecule has 182 valence electrons. The zero-order valence-corrected chi connectivity index (χ0v) is 20.9. The van der Waals surface area contributed by atoms with Gasteiger partial charge in [0, 0.05) is 23.9 Å². The number of hydrogen-bond donors (Lipinski definition) is 0. The molecule has 6 heteroatoms. The van der Waals surface area contributed by atoms with Gasteiger partial charge in [-0.1, -0.05) is 19.4 Å². The van der Waals surface area contributed by atoms with Crippen molar-refractivity contribution in [1.82, 2.24) is 4.98 Å². The maximum atomic E-state index is 6.30. The van der Waals surface area contributed by atoms with Crippen LogP contribution >= 0.6 is 0 Å². The van der Waals surface area contributed by atoms with Crippen molar-refractivity contribution in [3.8, 4) is 0 Å². The minimum Gasteiger partial charge on any atom is -0.374 e. The normalized spacial score (nSPS) is 20.3. The van der Waals surface area contributed by atoms with E-state index in [1.54, 1.807) is 0 Å². The minimum atomic E-state index is -0.171. The number of hydrogen-bond acceptors (Lipinski definition) is 6. The Morgan fingerprint density at radius 2 is 1.41 bits per heavy atom. The highest BCUT2D eigenvalue weighted by atomic mass is 16.5. The van der Waals surface area contributed by atoms with Crippen molar-refractivity contribution in [3.05, 3.63) is 119 Å². The Kier molecular flexibility index (Phi) is 6.25. The molecule has 6 heterocycles. The summed E-state index contributed by atoms with van der Waals surface area (Å²) in [4.78, 5) is 24.1. The maximum Gasteiger partial charge on any atom is 0.0825 e. The van der Waals surface area contributed by atoms with Gasteiger partial charge in [-0.25, -0.2) is 20.0 Å². The van der Waals surface area contributed by atoms with Gasteiger partial charge in [0.2, 0.25) is 0 Å². The Morgan fingerprint density at radius 3 is 2.03 bits per heavy atom. The first-order valence-electron chi connectivity index (χ1n) is 12.7. The summed E-state index contributed by atoms with van der Waals surface area (Å²) in [5.41, 5.74) is 9.59. The quantitative estimate of drug-likeness (QED) is 0.458. The molecule has 6 rings (SSSR count). The molecule has 0 amide bonds. The highest BCUT2D eigenvalue weighted by Crippen LogP contribution is 2.37. The summed E-state index contributed by atoms with van der Waals surface area (Å²) in [5.74, 6) is 0. The number of unbranched alkanes of at least 4 members (excludes halogenated alkanes) is 1. The van der Waals surface area contributed by atoms with Gasteiger partial charge in [-0.05, 0) is 86.2 Å². The zero-order chi connectivity index (χ0) is 25.2. The molecule has 0 saturated carbocycles. The van der Waals surface area contributed by atoms with Gasteiger partial charge in [-0.2, -0.15) is 0 Å². The molecule has 0 N–H and O–H groups in total. The van der Waals surface area contributed by atoms with Crippen molar-refractivity contribution in [2.45, 2.75) is 32.8 Å². The number of aliphatic imine (C=N–C) groups is 4. The minimum absolute atomic E-state index is 0.171. The Hall–Kier alpha value is -4.29. The molecule has 1 atom stereocenters. The van der Waals surface area contributed by atoms with E-state index in [1.807, 2.05) is 85.2 Å². The fourth-order valence-corrected chi connectivity index (χ4v) is 4.65. The van der Waals surface area contributed by atoms with Gasteiger partial charge in [0.1, 0.15) is 0 Å². The molecule has 0 saturated heterocycles. The lowest BCUT2D eigenvalue weighted by Gasteiger charge is -2.17. The van der Waals surface area contributed by atoms with E-state index >= 15 is 0 Å². The molecule has 0 radical (unpaired) electrons. The number of ether oxygens (including phenoxy) is 1. The maximum absolute atomic E-state index is 6.30. The monoisotopic (exact) mass is 485 g/mol. The van der Waals surface area contributed by atoms with Crippen LogP contribution in [0.4, 0.5) is 0 Å². The van der Waals surface area contributed by atoms with E-state index in [-0.39, 0.29) is 6.10 Å². The smallest absolute Gasteiger partial charge is 0.0825 e. The van der Waals surface area contributed by atoms with Crippen LogP contribution in [0.2, 0.25) is 0 Å². The van der Waals surface area contributed by atoms with Crippen molar-refractivity contribution in [2.24, 2.45) is 20.0 Å². The second-order valence-corrected chi connectivity index (χ2v) is 9.21. The largest absolute Gasteiger partial charge is 0.374 e. The van der Waals surface area contributed by atoms with Crippen molar-refractivity contribution in [3.63, 3.8) is 0 Å². The highest BCUT2D eigenvalue weighted by Gasteiger charge is 2.30. The average Bonchev–Trinajstić information content (AvgIpc) is 3.69. The molecular formula is C31H27N5O. The van der Waals surface area contributed by atoms with Crippen molar-refractivity contribution in [1.29, 1.82) is 0 Å². The van der Waals surface area contributed by atoms with Crippen LogP contribution in [-0.4, -0.2) is 40.5 Å². The predicted molar refractivity (Wildman–Crippen MR) is 151 cm³/mol. The van der Waals surface area contributed by atoms with Gasteiger partial charge in [-0.3, -0.25) is 4.98 Å². The number of allylic oxidation sites excluding steroid dienone is 11. The molecular weight excluding hydrogens is 458 g/mol. The van der Waals surface area contributed by atoms with E-state index in [0.29, 0.717) is 6.61 Å². The van der Waals surface area contributed by atoms with E-state index in [2.05, 4.69) is 13.8 Å². The molecule has 6 nitrogen and oxygen atoms in total. The summed E-state index contributed by atoms with van der Waals surface area (Å²) >= 11 is 0. The Balaban J connectivity index is 1.53. The lowest BCUT2D eigenvalue weighted by atomic mass is 9.96. The third kappa shape index (κ3) is 4.88. The lowest BCUT2D eigenvalue weighted by molar-refractivity contribution is 0.0894. The van der Waals surface area contributed by atoms with Crippen LogP contribution in [0.5, 0.6) is 0 Å². The van der Waals surface area contributed by atoms with Gasteiger partial charge < -0.3 is 4.74 Å². The van der Waals surface area contributed by atoms with Crippen LogP contribution in [0.1, 0.15) is 32.4 Å². The highest BCUT2D eigenvalue weighted by molar-refractivity contribution is 6.33. The molecule has 0 fully saturated rings. The predicted octanol–water partition coefficient (Wildman–Crippen LogP) is 6.08. The Bertz CT molecular complexity index is 1520. The molecule has 0 spiro atoms. The molecule has 1 unspecified atom stereocenters. The molecule has 5 aliphatic heterocycles. The molecule has 0 aliphatic carbocycles. The van der Waals surface area contributed by atoms with Gasteiger partial charge in [0.25, 0.3) is 0 Å². The van der Waals surface area contributed by atoms with E-state index in [1.165, 1.54) is 0 Å². The Labute approximate surface area is 216 Å². The summed E-state index contributed by atoms with van der Waals surface area (Å²) < 4.78 is 6.30. The number of fused-ring (bicyclic) bond motifs is 4.